The Morgan fingerprint density at radius 2 is 2.19 bits per heavy atom. The average Bonchev–Trinajstić information content (AvgIpc) is 2.23. The zero-order valence-electron chi connectivity index (χ0n) is 8.59. The Balaban J connectivity index is 2.32. The highest BCUT2D eigenvalue weighted by Gasteiger charge is 2.04. The van der Waals surface area contributed by atoms with Gasteiger partial charge in [0.25, 0.3) is 0 Å². The Morgan fingerprint density at radius 1 is 1.44 bits per heavy atom. The molecule has 16 heavy (non-hydrogen) atoms. The van der Waals surface area contributed by atoms with Crippen LogP contribution in [0.4, 0.5) is 9.18 Å². The first-order valence-corrected chi connectivity index (χ1v) is 5.16. The van der Waals surface area contributed by atoms with Crippen LogP contribution in [0.3, 0.4) is 0 Å². The molecule has 0 radical (unpaired) electrons. The van der Waals surface area contributed by atoms with Gasteiger partial charge in [0.1, 0.15) is 5.82 Å². The minimum Gasteiger partial charge on any atom is -0.352 e. The molecule has 0 aliphatic rings. The van der Waals surface area contributed by atoms with Gasteiger partial charge in [0, 0.05) is 19.6 Å². The molecule has 0 atom stereocenters. The van der Waals surface area contributed by atoms with Crippen LogP contribution in [-0.2, 0) is 6.54 Å². The van der Waals surface area contributed by atoms with Crippen molar-refractivity contribution in [2.24, 2.45) is 5.73 Å². The van der Waals surface area contributed by atoms with Gasteiger partial charge in [-0.25, -0.2) is 9.18 Å². The number of halogens is 2. The van der Waals surface area contributed by atoms with Crippen molar-refractivity contribution in [2.45, 2.75) is 6.54 Å². The van der Waals surface area contributed by atoms with Crippen LogP contribution >= 0.6 is 11.6 Å². The van der Waals surface area contributed by atoms with Crippen LogP contribution in [0.1, 0.15) is 5.56 Å². The van der Waals surface area contributed by atoms with Crippen molar-refractivity contribution in [3.05, 3.63) is 34.6 Å². The lowest BCUT2D eigenvalue weighted by Crippen LogP contribution is -2.35. The lowest BCUT2D eigenvalue weighted by molar-refractivity contribution is 0.249. The quantitative estimate of drug-likeness (QED) is 0.684. The molecular weight excluding hydrogens is 233 g/mol. The van der Waals surface area contributed by atoms with Crippen LogP contribution in [0.2, 0.25) is 5.02 Å². The summed E-state index contributed by atoms with van der Waals surface area (Å²) in [7, 11) is 0. The highest BCUT2D eigenvalue weighted by Crippen LogP contribution is 2.18. The number of nitrogens with two attached hydrogens (primary N) is 1. The summed E-state index contributed by atoms with van der Waals surface area (Å²) in [6.45, 7) is 1.40. The van der Waals surface area contributed by atoms with Crippen LogP contribution in [0.5, 0.6) is 0 Å². The lowest BCUT2D eigenvalue weighted by atomic mass is 10.2. The van der Waals surface area contributed by atoms with Crippen LogP contribution in [0.15, 0.2) is 18.2 Å². The summed E-state index contributed by atoms with van der Waals surface area (Å²) in [6, 6.07) is 4.07. The summed E-state index contributed by atoms with van der Waals surface area (Å²) in [6.07, 6.45) is 0. The first kappa shape index (κ1) is 12.7. The van der Waals surface area contributed by atoms with E-state index in [9.17, 15) is 9.18 Å². The van der Waals surface area contributed by atoms with Gasteiger partial charge in [-0.2, -0.15) is 0 Å². The molecule has 1 aromatic rings. The molecule has 1 aromatic carbocycles. The Bertz CT molecular complexity index is 373. The van der Waals surface area contributed by atoms with Gasteiger partial charge in [-0.3, -0.25) is 0 Å². The smallest absolute Gasteiger partial charge is 0.312 e. The zero-order chi connectivity index (χ0) is 12.0. The van der Waals surface area contributed by atoms with Crippen molar-refractivity contribution < 1.29 is 9.18 Å². The van der Waals surface area contributed by atoms with Crippen molar-refractivity contribution in [1.29, 1.82) is 0 Å². The number of hydrogen-bond donors (Lipinski definition) is 3. The molecule has 1 rings (SSSR count). The van der Waals surface area contributed by atoms with Crippen molar-refractivity contribution in [3.63, 3.8) is 0 Å². The molecule has 0 saturated heterocycles. The lowest BCUT2D eigenvalue weighted by Gasteiger charge is -2.07. The molecule has 0 saturated carbocycles. The van der Waals surface area contributed by atoms with E-state index in [4.69, 9.17) is 17.3 Å². The summed E-state index contributed by atoms with van der Waals surface area (Å²) < 4.78 is 13.0. The van der Waals surface area contributed by atoms with E-state index in [1.807, 2.05) is 0 Å². The second-order valence-electron chi connectivity index (χ2n) is 3.18. The van der Waals surface area contributed by atoms with Crippen LogP contribution in [0, 0.1) is 5.82 Å². The van der Waals surface area contributed by atoms with E-state index < -0.39 is 11.8 Å². The number of primary amides is 1. The summed E-state index contributed by atoms with van der Waals surface area (Å²) >= 11 is 5.75. The van der Waals surface area contributed by atoms with Crippen LogP contribution in [0.25, 0.3) is 0 Å². The Morgan fingerprint density at radius 3 is 2.88 bits per heavy atom. The largest absolute Gasteiger partial charge is 0.352 e. The van der Waals surface area contributed by atoms with Crippen molar-refractivity contribution >= 4 is 17.6 Å². The summed E-state index contributed by atoms with van der Waals surface area (Å²) in [5, 5.41) is 5.55. The van der Waals surface area contributed by atoms with Crippen molar-refractivity contribution in [1.82, 2.24) is 10.6 Å². The summed E-state index contributed by atoms with van der Waals surface area (Å²) in [5.74, 6) is -0.434. The van der Waals surface area contributed by atoms with Crippen LogP contribution < -0.4 is 16.4 Å². The molecule has 0 bridgehead atoms. The number of carbonyl (C=O) groups is 1. The maximum Gasteiger partial charge on any atom is 0.312 e. The van der Waals surface area contributed by atoms with Gasteiger partial charge in [-0.1, -0.05) is 23.7 Å². The number of urea groups is 1. The highest BCUT2D eigenvalue weighted by atomic mass is 35.5. The maximum absolute atomic E-state index is 13.0. The van der Waals surface area contributed by atoms with Gasteiger partial charge >= 0.3 is 6.03 Å². The number of benzene rings is 1. The Kier molecular flexibility index (Phi) is 5.01. The fraction of sp³-hybridized carbons (Fsp3) is 0.300. The van der Waals surface area contributed by atoms with Crippen LogP contribution in [-0.4, -0.2) is 19.1 Å². The maximum atomic E-state index is 13.0. The molecule has 4 nitrogen and oxygen atoms in total. The van der Waals surface area contributed by atoms with E-state index in [1.165, 1.54) is 6.07 Å². The zero-order valence-corrected chi connectivity index (χ0v) is 9.35. The van der Waals surface area contributed by atoms with E-state index in [0.717, 1.165) is 0 Å². The predicted molar refractivity (Wildman–Crippen MR) is 60.7 cm³/mol. The molecule has 4 N–H and O–H groups in total. The van der Waals surface area contributed by atoms with E-state index in [1.54, 1.807) is 12.1 Å². The van der Waals surface area contributed by atoms with Crippen molar-refractivity contribution in [3.8, 4) is 0 Å². The molecule has 0 unspecified atom stereocenters. The number of amides is 2. The third kappa shape index (κ3) is 4.04. The number of nitrogens with one attached hydrogen (secondary N) is 2. The van der Waals surface area contributed by atoms with Gasteiger partial charge in [-0.05, 0) is 11.6 Å². The second-order valence-corrected chi connectivity index (χ2v) is 3.56. The minimum atomic E-state index is -0.564. The van der Waals surface area contributed by atoms with Gasteiger partial charge in [0.2, 0.25) is 0 Å². The molecule has 0 aliphatic carbocycles. The van der Waals surface area contributed by atoms with Gasteiger partial charge in [0.05, 0.1) is 5.02 Å². The topological polar surface area (TPSA) is 67.2 Å². The first-order valence-electron chi connectivity index (χ1n) is 4.78. The van der Waals surface area contributed by atoms with Gasteiger partial charge in [-0.15, -0.1) is 0 Å². The average molecular weight is 246 g/mol. The molecule has 0 heterocycles. The van der Waals surface area contributed by atoms with E-state index in [0.29, 0.717) is 25.2 Å². The Labute approximate surface area is 98.0 Å². The molecule has 2 amide bonds. The highest BCUT2D eigenvalue weighted by molar-refractivity contribution is 6.31. The third-order valence-corrected chi connectivity index (χ3v) is 2.37. The fourth-order valence-electron chi connectivity index (χ4n) is 1.18. The standard InChI is InChI=1S/C10H13ClFN3O/c11-9-7(2-1-3-8(9)12)6-14-4-5-15-10(13)16/h1-3,14H,4-6H2,(H3,13,15,16). The van der Waals surface area contributed by atoms with E-state index in [-0.39, 0.29) is 5.02 Å². The SMILES string of the molecule is NC(=O)NCCNCc1cccc(F)c1Cl. The molecule has 0 aromatic heterocycles. The van der Waals surface area contributed by atoms with Gasteiger partial charge in [0.15, 0.2) is 0 Å². The molecule has 88 valence electrons. The van der Waals surface area contributed by atoms with Gasteiger partial charge < -0.3 is 16.4 Å². The summed E-state index contributed by atoms with van der Waals surface area (Å²) in [4.78, 5) is 10.3. The summed E-state index contributed by atoms with van der Waals surface area (Å²) in [5.41, 5.74) is 5.56. The Hall–Kier alpha value is -1.33. The molecule has 0 spiro atoms. The molecule has 0 fully saturated rings. The van der Waals surface area contributed by atoms with Crippen molar-refractivity contribution in [2.75, 3.05) is 13.1 Å². The normalized spacial score (nSPS) is 10.1. The first-order chi connectivity index (χ1) is 7.61. The number of rotatable bonds is 5. The monoisotopic (exact) mass is 245 g/mol. The minimum absolute atomic E-state index is 0.123. The fourth-order valence-corrected chi connectivity index (χ4v) is 1.37. The molecule has 6 heteroatoms. The second kappa shape index (κ2) is 6.30. The van der Waals surface area contributed by atoms with E-state index in [2.05, 4.69) is 10.6 Å². The number of carbonyl (C=O) groups excluding carboxylic acids is 1. The molecular formula is C10H13ClFN3O. The predicted octanol–water partition coefficient (Wildman–Crippen LogP) is 1.24. The van der Waals surface area contributed by atoms with E-state index >= 15 is 0 Å². The molecule has 0 aliphatic heterocycles. The number of hydrogen-bond acceptors (Lipinski definition) is 2. The third-order valence-electron chi connectivity index (χ3n) is 1.95.